The van der Waals surface area contributed by atoms with Crippen LogP contribution in [-0.4, -0.2) is 21.2 Å². The molecule has 0 unspecified atom stereocenters. The van der Waals surface area contributed by atoms with E-state index in [1.165, 1.54) is 40.9 Å². The first-order valence-electron chi connectivity index (χ1n) is 9.80. The molecule has 0 saturated heterocycles. The number of allylic oxidation sites excluding steroid dienone is 1. The number of aromatic nitrogens is 2. The molecule has 4 rings (SSSR count). The van der Waals surface area contributed by atoms with Crippen LogP contribution in [0.4, 0.5) is 10.1 Å². The topological polar surface area (TPSA) is 64.0 Å². The number of halogens is 1. The van der Waals surface area contributed by atoms with Gasteiger partial charge in [0, 0.05) is 17.1 Å². The molecule has 2 heterocycles. The van der Waals surface area contributed by atoms with Gasteiger partial charge in [-0.05, 0) is 62.4 Å². The number of carbonyl (C=O) groups excluding carboxylic acids is 1. The molecule has 0 saturated carbocycles. The van der Waals surface area contributed by atoms with Gasteiger partial charge in [0.25, 0.3) is 5.56 Å². The maximum absolute atomic E-state index is 13.3. The summed E-state index contributed by atoms with van der Waals surface area (Å²) in [6, 6.07) is 5.60. The summed E-state index contributed by atoms with van der Waals surface area (Å²) in [5.74, 6) is -0.507. The van der Waals surface area contributed by atoms with Crippen molar-refractivity contribution in [2.45, 2.75) is 44.3 Å². The maximum atomic E-state index is 13.3. The van der Waals surface area contributed by atoms with Crippen molar-refractivity contribution in [1.29, 1.82) is 0 Å². The summed E-state index contributed by atoms with van der Waals surface area (Å²) in [7, 11) is 0. The third kappa shape index (κ3) is 4.34. The second-order valence-electron chi connectivity index (χ2n) is 7.48. The van der Waals surface area contributed by atoms with Crippen LogP contribution >= 0.6 is 23.1 Å². The van der Waals surface area contributed by atoms with Crippen LogP contribution in [0.5, 0.6) is 0 Å². The van der Waals surface area contributed by atoms with Crippen molar-refractivity contribution < 1.29 is 9.18 Å². The summed E-state index contributed by atoms with van der Waals surface area (Å²) >= 11 is 2.82. The van der Waals surface area contributed by atoms with Crippen LogP contribution in [0.15, 0.2) is 46.4 Å². The third-order valence-corrected chi connectivity index (χ3v) is 7.09. The van der Waals surface area contributed by atoms with E-state index in [-0.39, 0.29) is 23.0 Å². The SMILES string of the molecule is C=C(C)Cn1c(SCC(=O)Nc2ccc(F)cc2)nc2sc3c(c2c1=O)CCCC3. The molecule has 8 heteroatoms. The summed E-state index contributed by atoms with van der Waals surface area (Å²) < 4.78 is 14.7. The lowest BCUT2D eigenvalue weighted by atomic mass is 9.97. The van der Waals surface area contributed by atoms with E-state index >= 15 is 0 Å². The van der Waals surface area contributed by atoms with Crippen LogP contribution in [0.25, 0.3) is 10.2 Å². The molecule has 0 aliphatic heterocycles. The highest BCUT2D eigenvalue weighted by Gasteiger charge is 2.22. The van der Waals surface area contributed by atoms with Crippen LogP contribution in [0.3, 0.4) is 0 Å². The van der Waals surface area contributed by atoms with E-state index in [1.54, 1.807) is 15.9 Å². The smallest absolute Gasteiger partial charge is 0.263 e. The van der Waals surface area contributed by atoms with E-state index < -0.39 is 0 Å². The molecule has 2 aromatic heterocycles. The number of anilines is 1. The number of benzene rings is 1. The Bertz CT molecular complexity index is 1180. The Morgan fingerprint density at radius 1 is 1.30 bits per heavy atom. The number of amides is 1. The Labute approximate surface area is 182 Å². The summed E-state index contributed by atoms with van der Waals surface area (Å²) in [4.78, 5) is 32.5. The number of carbonyl (C=O) groups is 1. The molecule has 1 amide bonds. The molecule has 156 valence electrons. The quantitative estimate of drug-likeness (QED) is 0.338. The van der Waals surface area contributed by atoms with E-state index in [4.69, 9.17) is 4.98 Å². The van der Waals surface area contributed by atoms with Crippen LogP contribution < -0.4 is 10.9 Å². The fraction of sp³-hybridized carbons (Fsp3) is 0.318. The van der Waals surface area contributed by atoms with Gasteiger partial charge < -0.3 is 5.32 Å². The van der Waals surface area contributed by atoms with Gasteiger partial charge in [-0.25, -0.2) is 9.37 Å². The second kappa shape index (κ2) is 8.73. The van der Waals surface area contributed by atoms with Crippen molar-refractivity contribution in [3.05, 3.63) is 63.0 Å². The fourth-order valence-electron chi connectivity index (χ4n) is 3.60. The van der Waals surface area contributed by atoms with Crippen molar-refractivity contribution in [3.8, 4) is 0 Å². The van der Waals surface area contributed by atoms with Crippen LogP contribution in [-0.2, 0) is 24.2 Å². The van der Waals surface area contributed by atoms with Gasteiger partial charge in [0.1, 0.15) is 10.6 Å². The molecule has 1 aliphatic rings. The monoisotopic (exact) mass is 443 g/mol. The molecule has 0 spiro atoms. The predicted molar refractivity (Wildman–Crippen MR) is 121 cm³/mol. The van der Waals surface area contributed by atoms with Gasteiger partial charge in [-0.15, -0.1) is 11.3 Å². The number of fused-ring (bicyclic) bond motifs is 3. The van der Waals surface area contributed by atoms with Crippen molar-refractivity contribution in [2.24, 2.45) is 0 Å². The van der Waals surface area contributed by atoms with Crippen LogP contribution in [0.1, 0.15) is 30.2 Å². The van der Waals surface area contributed by atoms with Crippen LogP contribution in [0.2, 0.25) is 0 Å². The Hall–Kier alpha value is -2.45. The number of nitrogens with one attached hydrogen (secondary N) is 1. The molecule has 1 aromatic carbocycles. The zero-order chi connectivity index (χ0) is 21.3. The molecule has 1 aliphatic carbocycles. The van der Waals surface area contributed by atoms with Gasteiger partial charge in [-0.1, -0.05) is 23.9 Å². The van der Waals surface area contributed by atoms with Crippen molar-refractivity contribution in [3.63, 3.8) is 0 Å². The van der Waals surface area contributed by atoms with Crippen molar-refractivity contribution in [2.75, 3.05) is 11.1 Å². The number of nitrogens with zero attached hydrogens (tertiary/aromatic N) is 2. The number of hydrogen-bond donors (Lipinski definition) is 1. The van der Waals surface area contributed by atoms with E-state index in [0.717, 1.165) is 47.0 Å². The fourth-order valence-corrected chi connectivity index (χ4v) is 5.70. The normalized spacial score (nSPS) is 13.3. The third-order valence-electron chi connectivity index (χ3n) is 4.93. The number of hydrogen-bond acceptors (Lipinski definition) is 5. The Kier molecular flexibility index (Phi) is 6.06. The average molecular weight is 444 g/mol. The Morgan fingerprint density at radius 3 is 2.77 bits per heavy atom. The average Bonchev–Trinajstić information content (AvgIpc) is 3.09. The number of rotatable bonds is 6. The molecule has 30 heavy (non-hydrogen) atoms. The van der Waals surface area contributed by atoms with Gasteiger partial charge in [-0.3, -0.25) is 14.2 Å². The van der Waals surface area contributed by atoms with Gasteiger partial charge >= 0.3 is 0 Å². The standard InChI is InChI=1S/C22H22FN3O2S2/c1-13(2)11-26-21(28)19-16-5-3-4-6-17(16)30-20(19)25-22(26)29-12-18(27)24-15-9-7-14(23)8-10-15/h7-10H,1,3-6,11-12H2,2H3,(H,24,27). The number of aryl methyl sites for hydroxylation is 2. The molecule has 0 fully saturated rings. The molecule has 5 nitrogen and oxygen atoms in total. The molecular weight excluding hydrogens is 421 g/mol. The Balaban J connectivity index is 1.62. The first-order chi connectivity index (χ1) is 14.4. The summed E-state index contributed by atoms with van der Waals surface area (Å²) in [5.41, 5.74) is 2.47. The zero-order valence-corrected chi connectivity index (χ0v) is 18.3. The minimum atomic E-state index is -0.359. The molecule has 1 N–H and O–H groups in total. The summed E-state index contributed by atoms with van der Waals surface area (Å²) in [5, 5.41) is 3.98. The first kappa shape index (κ1) is 20.8. The molecular formula is C22H22FN3O2S2. The van der Waals surface area contributed by atoms with Crippen molar-refractivity contribution >= 4 is 44.9 Å². The van der Waals surface area contributed by atoms with E-state index in [9.17, 15) is 14.0 Å². The summed E-state index contributed by atoms with van der Waals surface area (Å²) in [6.45, 7) is 6.18. The number of thioether (sulfide) groups is 1. The van der Waals surface area contributed by atoms with Crippen molar-refractivity contribution in [1.82, 2.24) is 9.55 Å². The largest absolute Gasteiger partial charge is 0.325 e. The van der Waals surface area contributed by atoms with E-state index in [0.29, 0.717) is 17.4 Å². The minimum Gasteiger partial charge on any atom is -0.325 e. The lowest BCUT2D eigenvalue weighted by Gasteiger charge is -2.13. The minimum absolute atomic E-state index is 0.0520. The highest BCUT2D eigenvalue weighted by Crippen LogP contribution is 2.34. The first-order valence-corrected chi connectivity index (χ1v) is 11.6. The molecule has 0 bridgehead atoms. The van der Waals surface area contributed by atoms with E-state index in [2.05, 4.69) is 11.9 Å². The highest BCUT2D eigenvalue weighted by atomic mass is 32.2. The lowest BCUT2D eigenvalue weighted by Crippen LogP contribution is -2.25. The molecule has 0 radical (unpaired) electrons. The van der Waals surface area contributed by atoms with Gasteiger partial charge in [0.05, 0.1) is 11.1 Å². The van der Waals surface area contributed by atoms with E-state index in [1.807, 2.05) is 6.92 Å². The summed E-state index contributed by atoms with van der Waals surface area (Å²) in [6.07, 6.45) is 4.16. The zero-order valence-electron chi connectivity index (χ0n) is 16.7. The lowest BCUT2D eigenvalue weighted by molar-refractivity contribution is -0.113. The maximum Gasteiger partial charge on any atom is 0.263 e. The predicted octanol–water partition coefficient (Wildman–Crippen LogP) is 4.78. The van der Waals surface area contributed by atoms with Gasteiger partial charge in [-0.2, -0.15) is 0 Å². The van der Waals surface area contributed by atoms with Gasteiger partial charge in [0.15, 0.2) is 5.16 Å². The molecule has 3 aromatic rings. The van der Waals surface area contributed by atoms with Crippen LogP contribution in [0, 0.1) is 5.82 Å². The molecule has 0 atom stereocenters. The second-order valence-corrected chi connectivity index (χ2v) is 9.50. The van der Waals surface area contributed by atoms with Gasteiger partial charge in [0.2, 0.25) is 5.91 Å². The number of thiophene rings is 1. The Morgan fingerprint density at radius 2 is 2.03 bits per heavy atom. The highest BCUT2D eigenvalue weighted by molar-refractivity contribution is 7.99.